The smallest absolute Gasteiger partial charge is 0.0272 e. The quantitative estimate of drug-likeness (QED) is 0.550. The van der Waals surface area contributed by atoms with Crippen LogP contribution in [0.3, 0.4) is 0 Å². The molecule has 0 heterocycles. The molecule has 0 fully saturated rings. The van der Waals surface area contributed by atoms with Gasteiger partial charge in [0.15, 0.2) is 0 Å². The summed E-state index contributed by atoms with van der Waals surface area (Å²) in [5.74, 6) is 1.11. The Morgan fingerprint density at radius 3 is 2.53 bits per heavy atom. The molecule has 2 bridgehead atoms. The van der Waals surface area contributed by atoms with Gasteiger partial charge in [0.1, 0.15) is 0 Å². The zero-order valence-corrected chi connectivity index (χ0v) is 8.48. The Labute approximate surface area is 89.6 Å². The molecule has 15 heavy (non-hydrogen) atoms. The van der Waals surface area contributed by atoms with Crippen LogP contribution in [-0.2, 0) is 0 Å². The van der Waals surface area contributed by atoms with E-state index in [0.29, 0.717) is 11.8 Å². The first-order chi connectivity index (χ1) is 7.45. The Morgan fingerprint density at radius 2 is 1.67 bits per heavy atom. The summed E-state index contributed by atoms with van der Waals surface area (Å²) in [5.41, 5.74) is 6.27. The average molecular weight is 192 g/mol. The van der Waals surface area contributed by atoms with E-state index in [0.717, 1.165) is 6.42 Å². The van der Waals surface area contributed by atoms with Crippen molar-refractivity contribution in [1.29, 1.82) is 0 Å². The lowest BCUT2D eigenvalue weighted by atomic mass is 9.69. The summed E-state index contributed by atoms with van der Waals surface area (Å²) in [6.07, 6.45) is 10.6. The standard InChI is InChI=1S/C15H12/c1-2-5-11-10(4-1)14-8-9-15(11)13-7-3-6-12(13)14/h1-6,8-9,14-15H,7H2. The topological polar surface area (TPSA) is 0 Å². The Balaban J connectivity index is 2.01. The van der Waals surface area contributed by atoms with Crippen molar-refractivity contribution < 1.29 is 0 Å². The summed E-state index contributed by atoms with van der Waals surface area (Å²) in [6, 6.07) is 8.90. The van der Waals surface area contributed by atoms with Gasteiger partial charge in [-0.3, -0.25) is 0 Å². The van der Waals surface area contributed by atoms with Gasteiger partial charge in [0, 0.05) is 11.8 Å². The highest BCUT2D eigenvalue weighted by atomic mass is 14.4. The minimum absolute atomic E-state index is 0.542. The number of benzene rings is 1. The average Bonchev–Trinajstić information content (AvgIpc) is 2.80. The molecular formula is C15H12. The first-order valence-electron chi connectivity index (χ1n) is 5.62. The summed E-state index contributed by atoms with van der Waals surface area (Å²) < 4.78 is 0. The van der Waals surface area contributed by atoms with E-state index in [4.69, 9.17) is 0 Å². The van der Waals surface area contributed by atoms with Gasteiger partial charge in [-0.15, -0.1) is 0 Å². The number of allylic oxidation sites excluding steroid dienone is 6. The van der Waals surface area contributed by atoms with Crippen LogP contribution in [0.2, 0.25) is 0 Å². The molecule has 0 spiro atoms. The third kappa shape index (κ3) is 0.829. The minimum Gasteiger partial charge on any atom is -0.0801 e. The third-order valence-corrected chi connectivity index (χ3v) is 3.88. The molecule has 0 amide bonds. The molecule has 0 N–H and O–H groups in total. The molecule has 1 aromatic carbocycles. The van der Waals surface area contributed by atoms with Gasteiger partial charge < -0.3 is 0 Å². The fourth-order valence-electron chi connectivity index (χ4n) is 3.23. The second-order valence-corrected chi connectivity index (χ2v) is 4.56. The highest BCUT2D eigenvalue weighted by Gasteiger charge is 2.35. The Hall–Kier alpha value is -1.56. The van der Waals surface area contributed by atoms with Crippen LogP contribution in [0, 0.1) is 0 Å². The van der Waals surface area contributed by atoms with Crippen molar-refractivity contribution in [3.05, 3.63) is 70.8 Å². The lowest BCUT2D eigenvalue weighted by molar-refractivity contribution is 0.792. The molecule has 0 radical (unpaired) electrons. The Kier molecular flexibility index (Phi) is 1.29. The molecule has 0 nitrogen and oxygen atoms in total. The Bertz CT molecular complexity index is 529. The van der Waals surface area contributed by atoms with Crippen LogP contribution >= 0.6 is 0 Å². The highest BCUT2D eigenvalue weighted by Crippen LogP contribution is 2.51. The van der Waals surface area contributed by atoms with Crippen LogP contribution in [0.1, 0.15) is 29.4 Å². The van der Waals surface area contributed by atoms with Crippen molar-refractivity contribution in [2.75, 3.05) is 0 Å². The molecule has 1 aromatic rings. The van der Waals surface area contributed by atoms with Gasteiger partial charge in [-0.05, 0) is 23.1 Å². The molecular weight excluding hydrogens is 180 g/mol. The van der Waals surface area contributed by atoms with Gasteiger partial charge in [0.2, 0.25) is 0 Å². The molecule has 0 saturated heterocycles. The minimum atomic E-state index is 0.542. The first-order valence-corrected chi connectivity index (χ1v) is 5.62. The molecule has 0 saturated carbocycles. The van der Waals surface area contributed by atoms with Crippen LogP contribution in [-0.4, -0.2) is 0 Å². The van der Waals surface area contributed by atoms with Gasteiger partial charge >= 0.3 is 0 Å². The fraction of sp³-hybridized carbons (Fsp3) is 0.200. The van der Waals surface area contributed by atoms with Gasteiger partial charge in [0.25, 0.3) is 0 Å². The molecule has 72 valence electrons. The van der Waals surface area contributed by atoms with Crippen molar-refractivity contribution in [3.8, 4) is 0 Å². The second-order valence-electron chi connectivity index (χ2n) is 4.56. The SMILES string of the molecule is C1=CC2=C(C1)C1C=CC2c2ccccc21. The van der Waals surface area contributed by atoms with Gasteiger partial charge in [-0.25, -0.2) is 0 Å². The lowest BCUT2D eigenvalue weighted by Crippen LogP contribution is -2.19. The van der Waals surface area contributed by atoms with Crippen LogP contribution < -0.4 is 0 Å². The van der Waals surface area contributed by atoms with E-state index in [2.05, 4.69) is 48.6 Å². The number of rotatable bonds is 0. The molecule has 4 aliphatic rings. The summed E-state index contributed by atoms with van der Waals surface area (Å²) in [6.45, 7) is 0. The molecule has 5 rings (SSSR count). The van der Waals surface area contributed by atoms with Gasteiger partial charge in [-0.1, -0.05) is 54.1 Å². The molecule has 0 aliphatic heterocycles. The summed E-state index contributed by atoms with van der Waals surface area (Å²) in [7, 11) is 0. The van der Waals surface area contributed by atoms with E-state index in [1.165, 1.54) is 11.1 Å². The Morgan fingerprint density at radius 1 is 0.933 bits per heavy atom. The summed E-state index contributed by atoms with van der Waals surface area (Å²) in [5, 5.41) is 0. The highest BCUT2D eigenvalue weighted by molar-refractivity contribution is 5.61. The van der Waals surface area contributed by atoms with Crippen molar-refractivity contribution in [3.63, 3.8) is 0 Å². The second kappa shape index (κ2) is 2.52. The maximum absolute atomic E-state index is 2.39. The maximum atomic E-state index is 2.39. The van der Waals surface area contributed by atoms with Crippen molar-refractivity contribution >= 4 is 0 Å². The molecule has 4 aliphatic carbocycles. The molecule has 2 atom stereocenters. The lowest BCUT2D eigenvalue weighted by Gasteiger charge is -2.35. The molecule has 0 heteroatoms. The van der Waals surface area contributed by atoms with Crippen LogP contribution in [0.15, 0.2) is 59.7 Å². The maximum Gasteiger partial charge on any atom is 0.0272 e. The van der Waals surface area contributed by atoms with E-state index in [9.17, 15) is 0 Å². The summed E-state index contributed by atoms with van der Waals surface area (Å²) >= 11 is 0. The zero-order chi connectivity index (χ0) is 9.83. The van der Waals surface area contributed by atoms with E-state index >= 15 is 0 Å². The monoisotopic (exact) mass is 192 g/mol. The predicted molar refractivity (Wildman–Crippen MR) is 61.8 cm³/mol. The van der Waals surface area contributed by atoms with Gasteiger partial charge in [-0.2, -0.15) is 0 Å². The van der Waals surface area contributed by atoms with E-state index in [-0.39, 0.29) is 0 Å². The largest absolute Gasteiger partial charge is 0.0801 e. The summed E-state index contributed by atoms with van der Waals surface area (Å²) in [4.78, 5) is 0. The van der Waals surface area contributed by atoms with Crippen molar-refractivity contribution in [2.24, 2.45) is 0 Å². The van der Waals surface area contributed by atoms with Gasteiger partial charge in [0.05, 0.1) is 0 Å². The molecule has 2 unspecified atom stereocenters. The van der Waals surface area contributed by atoms with Crippen molar-refractivity contribution in [2.45, 2.75) is 18.3 Å². The predicted octanol–water partition coefficient (Wildman–Crippen LogP) is 3.69. The molecule has 0 aromatic heterocycles. The van der Waals surface area contributed by atoms with Crippen molar-refractivity contribution in [1.82, 2.24) is 0 Å². The van der Waals surface area contributed by atoms with E-state index in [1.54, 1.807) is 11.1 Å². The van der Waals surface area contributed by atoms with Crippen LogP contribution in [0.25, 0.3) is 0 Å². The fourth-order valence-corrected chi connectivity index (χ4v) is 3.23. The number of hydrogen-bond acceptors (Lipinski definition) is 0. The third-order valence-electron chi connectivity index (χ3n) is 3.88. The first kappa shape index (κ1) is 7.70. The van der Waals surface area contributed by atoms with E-state index in [1.807, 2.05) is 0 Å². The van der Waals surface area contributed by atoms with Crippen LogP contribution in [0.4, 0.5) is 0 Å². The van der Waals surface area contributed by atoms with E-state index < -0.39 is 0 Å². The normalized spacial score (nSPS) is 29.6. The van der Waals surface area contributed by atoms with Crippen LogP contribution in [0.5, 0.6) is 0 Å². The zero-order valence-electron chi connectivity index (χ0n) is 8.48. The number of hydrogen-bond donors (Lipinski definition) is 0.